The van der Waals surface area contributed by atoms with E-state index in [1.165, 1.54) is 18.0 Å². The Morgan fingerprint density at radius 1 is 0.933 bits per heavy atom. The van der Waals surface area contributed by atoms with Crippen molar-refractivity contribution < 1.29 is 14.3 Å². The fourth-order valence-corrected chi connectivity index (χ4v) is 3.14. The number of benzene rings is 3. The third kappa shape index (κ3) is 3.60. The summed E-state index contributed by atoms with van der Waals surface area (Å²) < 4.78 is 11.9. The van der Waals surface area contributed by atoms with Crippen LogP contribution in [0.15, 0.2) is 77.9 Å². The van der Waals surface area contributed by atoms with Crippen molar-refractivity contribution in [3.63, 3.8) is 0 Å². The van der Waals surface area contributed by atoms with Gasteiger partial charge in [-0.1, -0.05) is 12.1 Å². The number of methoxy groups -OCH3 is 2. The third-order valence-electron chi connectivity index (χ3n) is 4.71. The molecule has 1 heterocycles. The molecule has 4 aromatic rings. The van der Waals surface area contributed by atoms with Crippen LogP contribution in [-0.2, 0) is 0 Å². The Balaban J connectivity index is 1.57. The smallest absolute Gasteiger partial charge is 0.265 e. The number of carbonyl (C=O) groups is 1. The number of nitrogens with one attached hydrogen (secondary N) is 1. The molecule has 7 nitrogen and oxygen atoms in total. The van der Waals surface area contributed by atoms with E-state index in [1.807, 2.05) is 6.07 Å². The molecule has 4 rings (SSSR count). The lowest BCUT2D eigenvalue weighted by Crippen LogP contribution is -2.19. The van der Waals surface area contributed by atoms with Crippen LogP contribution in [0.5, 0.6) is 11.5 Å². The molecule has 1 amide bonds. The van der Waals surface area contributed by atoms with Crippen LogP contribution >= 0.6 is 0 Å². The number of carbonyl (C=O) groups excluding carboxylic acids is 1. The Morgan fingerprint density at radius 2 is 1.67 bits per heavy atom. The highest BCUT2D eigenvalue weighted by atomic mass is 16.5. The second-order valence-electron chi connectivity index (χ2n) is 6.51. The second-order valence-corrected chi connectivity index (χ2v) is 6.51. The predicted molar refractivity (Wildman–Crippen MR) is 115 cm³/mol. The van der Waals surface area contributed by atoms with E-state index in [0.29, 0.717) is 39.3 Å². The summed E-state index contributed by atoms with van der Waals surface area (Å²) in [5.41, 5.74) is 2.14. The molecule has 1 aromatic heterocycles. The molecule has 0 fully saturated rings. The molecule has 0 radical (unpaired) electrons. The number of rotatable bonds is 5. The van der Waals surface area contributed by atoms with Crippen molar-refractivity contribution in [2.24, 2.45) is 0 Å². The van der Waals surface area contributed by atoms with Crippen molar-refractivity contribution in [2.45, 2.75) is 0 Å². The number of nitrogens with zero attached hydrogens (tertiary/aromatic N) is 2. The summed E-state index contributed by atoms with van der Waals surface area (Å²) in [6.07, 6.45) is 1.49. The van der Waals surface area contributed by atoms with Gasteiger partial charge in [0.2, 0.25) is 0 Å². The normalized spacial score (nSPS) is 10.6. The van der Waals surface area contributed by atoms with Crippen LogP contribution in [0, 0.1) is 0 Å². The fraction of sp³-hybridized carbons (Fsp3) is 0.0870. The molecule has 0 aliphatic rings. The van der Waals surface area contributed by atoms with E-state index >= 15 is 0 Å². The molecule has 0 unspecified atom stereocenters. The zero-order valence-electron chi connectivity index (χ0n) is 16.5. The van der Waals surface area contributed by atoms with Gasteiger partial charge in [-0.3, -0.25) is 14.2 Å². The Kier molecular flexibility index (Phi) is 5.17. The fourth-order valence-electron chi connectivity index (χ4n) is 3.14. The quantitative estimate of drug-likeness (QED) is 0.552. The molecule has 3 aromatic carbocycles. The monoisotopic (exact) mass is 401 g/mol. The highest BCUT2D eigenvalue weighted by Gasteiger charge is 2.11. The zero-order valence-corrected chi connectivity index (χ0v) is 16.5. The summed E-state index contributed by atoms with van der Waals surface area (Å²) in [6.45, 7) is 0. The van der Waals surface area contributed by atoms with Crippen LogP contribution in [0.25, 0.3) is 16.6 Å². The maximum Gasteiger partial charge on any atom is 0.265 e. The number of para-hydroxylation sites is 1. The predicted octanol–water partition coefficient (Wildman–Crippen LogP) is 3.66. The van der Waals surface area contributed by atoms with Gasteiger partial charge in [0.1, 0.15) is 6.33 Å². The van der Waals surface area contributed by atoms with E-state index in [2.05, 4.69) is 10.3 Å². The largest absolute Gasteiger partial charge is 0.493 e. The van der Waals surface area contributed by atoms with E-state index in [1.54, 1.807) is 67.8 Å². The lowest BCUT2D eigenvalue weighted by atomic mass is 10.1. The third-order valence-corrected chi connectivity index (χ3v) is 4.71. The maximum atomic E-state index is 12.7. The summed E-state index contributed by atoms with van der Waals surface area (Å²) in [5.74, 6) is 0.820. The zero-order chi connectivity index (χ0) is 21.1. The minimum atomic E-state index is -0.280. The number of hydrogen-bond donors (Lipinski definition) is 1. The van der Waals surface area contributed by atoms with Gasteiger partial charge in [0.05, 0.1) is 30.8 Å². The van der Waals surface area contributed by atoms with Gasteiger partial charge in [-0.05, 0) is 48.5 Å². The van der Waals surface area contributed by atoms with Crippen molar-refractivity contribution in [1.82, 2.24) is 9.55 Å². The molecule has 0 atom stereocenters. The second kappa shape index (κ2) is 8.08. The Hall–Kier alpha value is -4.13. The van der Waals surface area contributed by atoms with Gasteiger partial charge in [-0.25, -0.2) is 4.98 Å². The molecule has 0 aliphatic heterocycles. The van der Waals surface area contributed by atoms with Gasteiger partial charge in [0, 0.05) is 17.3 Å². The number of hydrogen-bond acceptors (Lipinski definition) is 5. The van der Waals surface area contributed by atoms with Crippen LogP contribution in [0.1, 0.15) is 10.4 Å². The average molecular weight is 401 g/mol. The summed E-state index contributed by atoms with van der Waals surface area (Å²) in [6, 6.07) is 19.1. The molecule has 150 valence electrons. The van der Waals surface area contributed by atoms with Crippen LogP contribution in [-0.4, -0.2) is 29.7 Å². The molecule has 7 heteroatoms. The minimum absolute atomic E-state index is 0.164. The van der Waals surface area contributed by atoms with Gasteiger partial charge in [0.15, 0.2) is 11.5 Å². The Labute approximate surface area is 172 Å². The molecular formula is C23H19N3O4. The number of amides is 1. The number of anilines is 1. The lowest BCUT2D eigenvalue weighted by Gasteiger charge is -2.11. The van der Waals surface area contributed by atoms with Crippen molar-refractivity contribution in [2.75, 3.05) is 19.5 Å². The number of aromatic nitrogens is 2. The first-order valence-corrected chi connectivity index (χ1v) is 9.21. The highest BCUT2D eigenvalue weighted by molar-refractivity contribution is 6.04. The Morgan fingerprint density at radius 3 is 2.40 bits per heavy atom. The molecule has 0 saturated carbocycles. The highest BCUT2D eigenvalue weighted by Crippen LogP contribution is 2.29. The van der Waals surface area contributed by atoms with Gasteiger partial charge < -0.3 is 14.8 Å². The molecule has 1 N–H and O–H groups in total. The van der Waals surface area contributed by atoms with E-state index < -0.39 is 0 Å². The molecule has 0 aliphatic carbocycles. The molecule has 30 heavy (non-hydrogen) atoms. The molecule has 0 bridgehead atoms. The lowest BCUT2D eigenvalue weighted by molar-refractivity contribution is 0.102. The Bertz CT molecular complexity index is 1280. The topological polar surface area (TPSA) is 82.5 Å². The van der Waals surface area contributed by atoms with Crippen molar-refractivity contribution in [3.05, 3.63) is 89.0 Å². The van der Waals surface area contributed by atoms with Crippen LogP contribution in [0.4, 0.5) is 5.69 Å². The minimum Gasteiger partial charge on any atom is -0.493 e. The first-order chi connectivity index (χ1) is 14.6. The van der Waals surface area contributed by atoms with Crippen molar-refractivity contribution in [3.8, 4) is 17.2 Å². The van der Waals surface area contributed by atoms with Gasteiger partial charge in [-0.2, -0.15) is 0 Å². The maximum absolute atomic E-state index is 12.7. The first kappa shape index (κ1) is 19.2. The van der Waals surface area contributed by atoms with E-state index in [0.717, 1.165) is 0 Å². The molecule has 0 saturated heterocycles. The molecule has 0 spiro atoms. The van der Waals surface area contributed by atoms with Gasteiger partial charge in [-0.15, -0.1) is 0 Å². The first-order valence-electron chi connectivity index (χ1n) is 9.21. The van der Waals surface area contributed by atoms with Gasteiger partial charge >= 0.3 is 0 Å². The SMILES string of the molecule is COc1ccc(NC(=O)c2ccc(-n3cnc4ccccc4c3=O)cc2)cc1OC. The van der Waals surface area contributed by atoms with Crippen LogP contribution in [0.3, 0.4) is 0 Å². The molecular weight excluding hydrogens is 382 g/mol. The van der Waals surface area contributed by atoms with Crippen LogP contribution < -0.4 is 20.3 Å². The van der Waals surface area contributed by atoms with E-state index in [4.69, 9.17) is 9.47 Å². The summed E-state index contributed by atoms with van der Waals surface area (Å²) in [4.78, 5) is 29.6. The summed E-state index contributed by atoms with van der Waals surface area (Å²) in [5, 5.41) is 3.36. The van der Waals surface area contributed by atoms with E-state index in [-0.39, 0.29) is 11.5 Å². The average Bonchev–Trinajstić information content (AvgIpc) is 2.79. The number of ether oxygens (including phenoxy) is 2. The number of fused-ring (bicyclic) bond motifs is 1. The van der Waals surface area contributed by atoms with Gasteiger partial charge in [0.25, 0.3) is 11.5 Å². The standard InChI is InChI=1S/C23H19N3O4/c1-29-20-12-9-16(13-21(20)30-2)25-22(27)15-7-10-17(11-8-15)26-14-24-19-6-4-3-5-18(19)23(26)28/h3-14H,1-2H3,(H,25,27). The van der Waals surface area contributed by atoms with Crippen molar-refractivity contribution in [1.29, 1.82) is 0 Å². The van der Waals surface area contributed by atoms with Crippen molar-refractivity contribution >= 4 is 22.5 Å². The van der Waals surface area contributed by atoms with E-state index in [9.17, 15) is 9.59 Å². The van der Waals surface area contributed by atoms with Crippen LogP contribution in [0.2, 0.25) is 0 Å². The summed E-state index contributed by atoms with van der Waals surface area (Å²) in [7, 11) is 3.08. The summed E-state index contributed by atoms with van der Waals surface area (Å²) >= 11 is 0.